The number of hydrogen-bond acceptors (Lipinski definition) is 8. The zero-order valence-corrected chi connectivity index (χ0v) is 23.8. The maximum Gasteiger partial charge on any atom is 0.357 e. The van der Waals surface area contributed by atoms with E-state index in [2.05, 4.69) is 25.9 Å². The average molecular weight is 578 g/mol. The molecule has 4 N–H and O–H groups in total. The number of rotatable bonds is 13. The second-order valence-electron chi connectivity index (χ2n) is 10.6. The number of aromatic nitrogens is 2. The number of fused-ring (bicyclic) bond motifs is 1. The third-order valence-electron chi connectivity index (χ3n) is 7.03. The number of carbonyl (C=O) groups is 5. The van der Waals surface area contributed by atoms with Crippen LogP contribution in [0.5, 0.6) is 5.75 Å². The summed E-state index contributed by atoms with van der Waals surface area (Å²) in [7, 11) is 1.54. The first-order valence-corrected chi connectivity index (χ1v) is 13.8. The van der Waals surface area contributed by atoms with E-state index in [1.165, 1.54) is 19.4 Å². The molecule has 0 radical (unpaired) electrons. The van der Waals surface area contributed by atoms with Crippen LogP contribution >= 0.6 is 0 Å². The number of amides is 3. The highest BCUT2D eigenvalue weighted by Crippen LogP contribution is 2.26. The number of ether oxygens (including phenoxy) is 2. The smallest absolute Gasteiger partial charge is 0.357 e. The fraction of sp³-hybridized carbons (Fsp3) is 0.400. The van der Waals surface area contributed by atoms with Crippen LogP contribution in [0.25, 0.3) is 10.9 Å². The Bertz CT molecular complexity index is 1450. The number of pyridine rings is 1. The second-order valence-corrected chi connectivity index (χ2v) is 10.6. The summed E-state index contributed by atoms with van der Waals surface area (Å²) in [6.07, 6.45) is 2.25. The van der Waals surface area contributed by atoms with Crippen LogP contribution in [0.3, 0.4) is 0 Å². The molecular weight excluding hydrogens is 542 g/mol. The number of nitrogens with one attached hydrogen (secondary N) is 4. The summed E-state index contributed by atoms with van der Waals surface area (Å²) >= 11 is 0. The molecule has 12 nitrogen and oxygen atoms in total. The first kappa shape index (κ1) is 30.2. The molecule has 0 saturated carbocycles. The number of aromatic amines is 1. The van der Waals surface area contributed by atoms with E-state index in [1.54, 1.807) is 30.3 Å². The van der Waals surface area contributed by atoms with Gasteiger partial charge < -0.3 is 30.4 Å². The van der Waals surface area contributed by atoms with Crippen molar-refractivity contribution in [2.45, 2.75) is 45.2 Å². The third kappa shape index (κ3) is 7.50. The van der Waals surface area contributed by atoms with Crippen LogP contribution in [0.2, 0.25) is 0 Å². The standard InChI is InChI=1S/C30H35N5O7/c1-17(2)13-23(35-29(39)24-15-19-20(33-24)8-6-9-26(19)41-3)28(38)34-22(14-18-10-12-32-27(18)37)25(36)16-42-30(40)21-7-4-5-11-31-21/h4-9,11,15,17-18,22-23,33H,10,12-14,16H2,1-3H3,(H,32,37)(H,34,38)(H,35,39)/t18-,22-,23-/m0/s1. The molecule has 4 rings (SSSR count). The molecule has 1 aliphatic rings. The van der Waals surface area contributed by atoms with Gasteiger partial charge in [0.25, 0.3) is 5.91 Å². The van der Waals surface area contributed by atoms with Gasteiger partial charge in [-0.3, -0.25) is 19.2 Å². The SMILES string of the molecule is COc1cccc2[nH]c(C(=O)N[C@@H](CC(C)C)C(=O)N[C@@H](C[C@@H]3CCNC3=O)C(=O)COC(=O)c3ccccn3)cc12. The lowest BCUT2D eigenvalue weighted by atomic mass is 9.95. The van der Waals surface area contributed by atoms with Gasteiger partial charge in [-0.05, 0) is 55.5 Å². The quantitative estimate of drug-likeness (QED) is 0.224. The number of benzene rings is 1. The van der Waals surface area contributed by atoms with Crippen molar-refractivity contribution in [1.29, 1.82) is 0 Å². The van der Waals surface area contributed by atoms with Crippen LogP contribution in [0.15, 0.2) is 48.7 Å². The van der Waals surface area contributed by atoms with Gasteiger partial charge in [-0.1, -0.05) is 26.0 Å². The van der Waals surface area contributed by atoms with Crippen molar-refractivity contribution in [3.63, 3.8) is 0 Å². The molecule has 3 atom stereocenters. The molecule has 1 saturated heterocycles. The summed E-state index contributed by atoms with van der Waals surface area (Å²) in [6, 6.07) is 9.65. The van der Waals surface area contributed by atoms with Gasteiger partial charge in [-0.15, -0.1) is 0 Å². The topological polar surface area (TPSA) is 169 Å². The van der Waals surface area contributed by atoms with E-state index in [-0.39, 0.29) is 29.6 Å². The molecule has 0 spiro atoms. The number of methoxy groups -OCH3 is 1. The Morgan fingerprint density at radius 3 is 2.55 bits per heavy atom. The molecular formula is C30H35N5O7. The minimum atomic E-state index is -1.12. The Balaban J connectivity index is 1.48. The molecule has 1 aromatic carbocycles. The molecule has 0 bridgehead atoms. The number of hydrogen-bond donors (Lipinski definition) is 4. The minimum Gasteiger partial charge on any atom is -0.496 e. The molecule has 42 heavy (non-hydrogen) atoms. The average Bonchev–Trinajstić information content (AvgIpc) is 3.61. The fourth-order valence-electron chi connectivity index (χ4n) is 4.86. The third-order valence-corrected chi connectivity index (χ3v) is 7.03. The Hall–Kier alpha value is -4.74. The molecule has 12 heteroatoms. The summed E-state index contributed by atoms with van der Waals surface area (Å²) < 4.78 is 10.5. The van der Waals surface area contributed by atoms with E-state index in [1.807, 2.05) is 19.9 Å². The number of nitrogens with zero attached hydrogens (tertiary/aromatic N) is 1. The molecule has 222 valence electrons. The van der Waals surface area contributed by atoms with E-state index in [9.17, 15) is 24.0 Å². The number of ketones is 1. The van der Waals surface area contributed by atoms with Gasteiger partial charge >= 0.3 is 5.97 Å². The summed E-state index contributed by atoms with van der Waals surface area (Å²) in [5.74, 6) is -2.54. The van der Waals surface area contributed by atoms with Gasteiger partial charge in [-0.25, -0.2) is 9.78 Å². The van der Waals surface area contributed by atoms with Crippen molar-refractivity contribution in [1.82, 2.24) is 25.9 Å². The predicted octanol–water partition coefficient (Wildman–Crippen LogP) is 2.15. The maximum absolute atomic E-state index is 13.5. The predicted molar refractivity (Wildman–Crippen MR) is 153 cm³/mol. The van der Waals surface area contributed by atoms with Crippen LogP contribution in [-0.4, -0.2) is 71.8 Å². The second kappa shape index (κ2) is 13.7. The van der Waals surface area contributed by atoms with Crippen molar-refractivity contribution in [2.24, 2.45) is 11.8 Å². The Morgan fingerprint density at radius 2 is 1.88 bits per heavy atom. The highest BCUT2D eigenvalue weighted by atomic mass is 16.5. The Morgan fingerprint density at radius 1 is 1.07 bits per heavy atom. The first-order valence-electron chi connectivity index (χ1n) is 13.8. The highest BCUT2D eigenvalue weighted by Gasteiger charge is 2.34. The Labute approximate surface area is 242 Å². The Kier molecular flexibility index (Phi) is 9.89. The summed E-state index contributed by atoms with van der Waals surface area (Å²) in [5.41, 5.74) is 0.980. The normalized spacial score (nSPS) is 16.0. The van der Waals surface area contributed by atoms with Crippen molar-refractivity contribution in [3.05, 3.63) is 60.0 Å². The lowest BCUT2D eigenvalue weighted by molar-refractivity contribution is -0.131. The largest absolute Gasteiger partial charge is 0.496 e. The molecule has 3 heterocycles. The van der Waals surface area contributed by atoms with Gasteiger partial charge in [0.05, 0.1) is 13.2 Å². The van der Waals surface area contributed by atoms with Crippen LogP contribution in [0, 0.1) is 11.8 Å². The molecule has 1 aliphatic heterocycles. The zero-order valence-electron chi connectivity index (χ0n) is 23.8. The monoisotopic (exact) mass is 577 g/mol. The number of esters is 1. The van der Waals surface area contributed by atoms with Crippen molar-refractivity contribution in [3.8, 4) is 5.75 Å². The molecule has 3 amide bonds. The van der Waals surface area contributed by atoms with E-state index in [4.69, 9.17) is 9.47 Å². The van der Waals surface area contributed by atoms with Crippen LogP contribution in [0.4, 0.5) is 0 Å². The van der Waals surface area contributed by atoms with Crippen molar-refractivity contribution >= 4 is 40.4 Å². The fourth-order valence-corrected chi connectivity index (χ4v) is 4.86. The summed E-state index contributed by atoms with van der Waals surface area (Å²) in [5, 5.41) is 8.93. The molecule has 0 aliphatic carbocycles. The molecule has 0 unspecified atom stereocenters. The van der Waals surface area contributed by atoms with Crippen molar-refractivity contribution < 1.29 is 33.4 Å². The van der Waals surface area contributed by atoms with Gasteiger partial charge in [0.1, 0.15) is 23.2 Å². The lowest BCUT2D eigenvalue weighted by Gasteiger charge is -2.25. The molecule has 3 aromatic rings. The van der Waals surface area contributed by atoms with Crippen LogP contribution in [0.1, 0.15) is 54.1 Å². The van der Waals surface area contributed by atoms with Gasteiger partial charge in [-0.2, -0.15) is 0 Å². The summed E-state index contributed by atoms with van der Waals surface area (Å²) in [6.45, 7) is 3.66. The lowest BCUT2D eigenvalue weighted by Crippen LogP contribution is -2.53. The number of carbonyl (C=O) groups excluding carboxylic acids is 5. The van der Waals surface area contributed by atoms with E-state index < -0.39 is 48.2 Å². The maximum atomic E-state index is 13.5. The van der Waals surface area contributed by atoms with Gasteiger partial charge in [0.2, 0.25) is 11.8 Å². The van der Waals surface area contributed by atoms with Crippen LogP contribution < -0.4 is 20.7 Å². The van der Waals surface area contributed by atoms with E-state index >= 15 is 0 Å². The van der Waals surface area contributed by atoms with E-state index in [0.717, 1.165) is 5.39 Å². The van der Waals surface area contributed by atoms with Gasteiger partial charge in [0.15, 0.2) is 12.4 Å². The molecule has 1 fully saturated rings. The number of Topliss-reactive ketones (excluding diaryl/α,β-unsaturated/α-hetero) is 1. The summed E-state index contributed by atoms with van der Waals surface area (Å²) in [4.78, 5) is 71.5. The van der Waals surface area contributed by atoms with Crippen molar-refractivity contribution in [2.75, 3.05) is 20.3 Å². The van der Waals surface area contributed by atoms with E-state index in [0.29, 0.717) is 30.7 Å². The molecule has 2 aromatic heterocycles. The zero-order chi connectivity index (χ0) is 30.2. The highest BCUT2D eigenvalue weighted by molar-refractivity contribution is 6.02. The number of H-pyrrole nitrogens is 1. The van der Waals surface area contributed by atoms with Crippen LogP contribution in [-0.2, 0) is 19.1 Å². The van der Waals surface area contributed by atoms with Gasteiger partial charge in [0, 0.05) is 29.6 Å². The first-order chi connectivity index (χ1) is 20.2. The minimum absolute atomic E-state index is 0.0259.